The Morgan fingerprint density at radius 1 is 1.15 bits per heavy atom. The summed E-state index contributed by atoms with van der Waals surface area (Å²) in [4.78, 5) is 0. The van der Waals surface area contributed by atoms with Gasteiger partial charge in [0.1, 0.15) is 0 Å². The quantitative estimate of drug-likeness (QED) is 0.664. The number of hydrogen-bond donors (Lipinski definition) is 2. The molecule has 0 aromatic heterocycles. The van der Waals surface area contributed by atoms with Crippen molar-refractivity contribution in [1.82, 2.24) is 0 Å². The molecule has 0 aromatic rings. The second kappa shape index (κ2) is 3.23. The lowest BCUT2D eigenvalue weighted by Crippen LogP contribution is -2.58. The van der Waals surface area contributed by atoms with Crippen LogP contribution in [0.1, 0.15) is 32.1 Å². The molecule has 0 aromatic carbocycles. The maximum atomic E-state index is 10.5. The van der Waals surface area contributed by atoms with Crippen molar-refractivity contribution >= 4 is 0 Å². The number of nitrogens with two attached hydrogens (primary N) is 1. The maximum absolute atomic E-state index is 10.5. The van der Waals surface area contributed by atoms with Crippen molar-refractivity contribution in [2.24, 2.45) is 11.1 Å². The zero-order valence-electron chi connectivity index (χ0n) is 8.09. The van der Waals surface area contributed by atoms with Crippen molar-refractivity contribution in [2.75, 3.05) is 19.8 Å². The molecule has 3 nitrogen and oxygen atoms in total. The predicted molar refractivity (Wildman–Crippen MR) is 50.3 cm³/mol. The molecular weight excluding hydrogens is 166 g/mol. The summed E-state index contributed by atoms with van der Waals surface area (Å²) in [5, 5.41) is 10.5. The minimum absolute atomic E-state index is 0.0246. The third-order valence-corrected chi connectivity index (χ3v) is 4.01. The van der Waals surface area contributed by atoms with Crippen LogP contribution in [0, 0.1) is 5.41 Å². The number of ether oxygens (including phenoxy) is 1. The van der Waals surface area contributed by atoms with E-state index in [1.165, 1.54) is 6.42 Å². The van der Waals surface area contributed by atoms with Gasteiger partial charge in [0.15, 0.2) is 0 Å². The van der Waals surface area contributed by atoms with Gasteiger partial charge in [0.05, 0.1) is 5.60 Å². The Morgan fingerprint density at radius 2 is 1.77 bits per heavy atom. The molecule has 2 rings (SSSR count). The molecule has 2 fully saturated rings. The average molecular weight is 185 g/mol. The first-order valence-electron chi connectivity index (χ1n) is 5.23. The highest BCUT2D eigenvalue weighted by Crippen LogP contribution is 2.52. The largest absolute Gasteiger partial charge is 0.389 e. The van der Waals surface area contributed by atoms with Gasteiger partial charge in [-0.15, -0.1) is 0 Å². The molecular formula is C10H19NO2. The van der Waals surface area contributed by atoms with Crippen LogP contribution in [0.2, 0.25) is 0 Å². The molecule has 1 aliphatic carbocycles. The van der Waals surface area contributed by atoms with Gasteiger partial charge < -0.3 is 15.6 Å². The van der Waals surface area contributed by atoms with Gasteiger partial charge in [0.25, 0.3) is 0 Å². The Bertz CT molecular complexity index is 178. The van der Waals surface area contributed by atoms with Gasteiger partial charge >= 0.3 is 0 Å². The molecule has 3 N–H and O–H groups in total. The fourth-order valence-electron chi connectivity index (χ4n) is 2.70. The highest BCUT2D eigenvalue weighted by Gasteiger charge is 2.53. The molecule has 76 valence electrons. The fourth-order valence-corrected chi connectivity index (χ4v) is 2.70. The molecule has 0 bridgehead atoms. The van der Waals surface area contributed by atoms with Crippen molar-refractivity contribution < 1.29 is 9.84 Å². The molecule has 0 unspecified atom stereocenters. The summed E-state index contributed by atoms with van der Waals surface area (Å²) < 4.78 is 5.27. The minimum atomic E-state index is -0.530. The molecule has 1 aliphatic heterocycles. The van der Waals surface area contributed by atoms with E-state index in [0.717, 1.165) is 25.7 Å². The molecule has 1 heterocycles. The van der Waals surface area contributed by atoms with Crippen LogP contribution in [0.4, 0.5) is 0 Å². The normalized spacial score (nSPS) is 30.9. The van der Waals surface area contributed by atoms with Gasteiger partial charge in [-0.25, -0.2) is 0 Å². The van der Waals surface area contributed by atoms with Crippen LogP contribution in [0.3, 0.4) is 0 Å². The van der Waals surface area contributed by atoms with E-state index in [2.05, 4.69) is 0 Å². The molecule has 2 aliphatic rings. The lowest BCUT2D eigenvalue weighted by atomic mass is 9.56. The Labute approximate surface area is 79.3 Å². The predicted octanol–water partition coefficient (Wildman–Crippen LogP) is 0.657. The molecule has 0 atom stereocenters. The van der Waals surface area contributed by atoms with Crippen LogP contribution in [-0.2, 0) is 4.74 Å². The van der Waals surface area contributed by atoms with Crippen molar-refractivity contribution in [2.45, 2.75) is 37.7 Å². The van der Waals surface area contributed by atoms with E-state index in [4.69, 9.17) is 10.5 Å². The highest BCUT2D eigenvalue weighted by molar-refractivity contribution is 5.05. The van der Waals surface area contributed by atoms with Gasteiger partial charge in [0.2, 0.25) is 0 Å². The Kier molecular flexibility index (Phi) is 2.34. The molecule has 0 spiro atoms. The molecule has 3 heteroatoms. The smallest absolute Gasteiger partial charge is 0.0759 e. The first-order valence-corrected chi connectivity index (χ1v) is 5.23. The summed E-state index contributed by atoms with van der Waals surface area (Å²) in [5.74, 6) is 0. The number of rotatable bonds is 2. The Hall–Kier alpha value is -0.120. The van der Waals surface area contributed by atoms with Crippen LogP contribution in [-0.4, -0.2) is 30.5 Å². The minimum Gasteiger partial charge on any atom is -0.389 e. The SMILES string of the molecule is NCC1(C2(O)CCOCC2)CCC1. The number of hydrogen-bond acceptors (Lipinski definition) is 3. The van der Waals surface area contributed by atoms with Gasteiger partial charge in [-0.2, -0.15) is 0 Å². The highest BCUT2D eigenvalue weighted by atomic mass is 16.5. The molecule has 0 radical (unpaired) electrons. The molecule has 1 saturated carbocycles. The second-order valence-corrected chi connectivity index (χ2v) is 4.48. The fraction of sp³-hybridized carbons (Fsp3) is 1.00. The van der Waals surface area contributed by atoms with Crippen molar-refractivity contribution in [3.05, 3.63) is 0 Å². The van der Waals surface area contributed by atoms with Gasteiger partial charge in [-0.1, -0.05) is 6.42 Å². The topological polar surface area (TPSA) is 55.5 Å². The lowest BCUT2D eigenvalue weighted by molar-refractivity contribution is -0.169. The van der Waals surface area contributed by atoms with Gasteiger partial charge in [-0.3, -0.25) is 0 Å². The van der Waals surface area contributed by atoms with Crippen molar-refractivity contribution in [3.63, 3.8) is 0 Å². The maximum Gasteiger partial charge on any atom is 0.0759 e. The van der Waals surface area contributed by atoms with Crippen molar-refractivity contribution in [3.8, 4) is 0 Å². The Balaban J connectivity index is 2.10. The summed E-state index contributed by atoms with van der Waals surface area (Å²) in [7, 11) is 0. The second-order valence-electron chi connectivity index (χ2n) is 4.48. The zero-order chi connectivity index (χ0) is 9.36. The monoisotopic (exact) mass is 185 g/mol. The van der Waals surface area contributed by atoms with Gasteiger partial charge in [0, 0.05) is 38.0 Å². The van der Waals surface area contributed by atoms with Crippen LogP contribution in [0.5, 0.6) is 0 Å². The van der Waals surface area contributed by atoms with Crippen molar-refractivity contribution in [1.29, 1.82) is 0 Å². The third-order valence-electron chi connectivity index (χ3n) is 4.01. The lowest BCUT2D eigenvalue weighted by Gasteiger charge is -2.54. The van der Waals surface area contributed by atoms with E-state index in [-0.39, 0.29) is 5.41 Å². The first-order chi connectivity index (χ1) is 6.22. The molecule has 1 saturated heterocycles. The van der Waals surface area contributed by atoms with E-state index in [0.29, 0.717) is 19.8 Å². The van der Waals surface area contributed by atoms with E-state index in [1.54, 1.807) is 0 Å². The van der Waals surface area contributed by atoms with Crippen LogP contribution >= 0.6 is 0 Å². The summed E-state index contributed by atoms with van der Waals surface area (Å²) in [5.41, 5.74) is 5.28. The summed E-state index contributed by atoms with van der Waals surface area (Å²) >= 11 is 0. The van der Waals surface area contributed by atoms with E-state index >= 15 is 0 Å². The average Bonchev–Trinajstić information content (AvgIpc) is 2.04. The summed E-state index contributed by atoms with van der Waals surface area (Å²) in [6.07, 6.45) is 4.95. The summed E-state index contributed by atoms with van der Waals surface area (Å²) in [6, 6.07) is 0. The van der Waals surface area contributed by atoms with Crippen LogP contribution in [0.25, 0.3) is 0 Å². The van der Waals surface area contributed by atoms with E-state index < -0.39 is 5.60 Å². The standard InChI is InChI=1S/C10H19NO2/c11-8-9(2-1-3-9)10(12)4-6-13-7-5-10/h12H,1-8,11H2. The molecule has 0 amide bonds. The van der Waals surface area contributed by atoms with E-state index in [9.17, 15) is 5.11 Å². The zero-order valence-corrected chi connectivity index (χ0v) is 8.09. The first kappa shape index (κ1) is 9.44. The summed E-state index contributed by atoms with van der Waals surface area (Å²) in [6.45, 7) is 2.01. The third kappa shape index (κ3) is 1.30. The van der Waals surface area contributed by atoms with Crippen LogP contribution in [0.15, 0.2) is 0 Å². The molecule has 13 heavy (non-hydrogen) atoms. The number of aliphatic hydroxyl groups is 1. The van der Waals surface area contributed by atoms with Gasteiger partial charge in [-0.05, 0) is 12.8 Å². The Morgan fingerprint density at radius 3 is 2.15 bits per heavy atom. The van der Waals surface area contributed by atoms with E-state index in [1.807, 2.05) is 0 Å². The van der Waals surface area contributed by atoms with Crippen LogP contribution < -0.4 is 5.73 Å².